The predicted molar refractivity (Wildman–Crippen MR) is 110 cm³/mol. The summed E-state index contributed by atoms with van der Waals surface area (Å²) in [5.41, 5.74) is 2.24. The highest BCUT2D eigenvalue weighted by atomic mass is 16.3. The summed E-state index contributed by atoms with van der Waals surface area (Å²) in [5, 5.41) is 9.74. The van der Waals surface area contributed by atoms with Crippen molar-refractivity contribution in [1.82, 2.24) is 4.90 Å². The van der Waals surface area contributed by atoms with Crippen LogP contribution in [0.3, 0.4) is 0 Å². The van der Waals surface area contributed by atoms with E-state index in [1.165, 1.54) is 11.6 Å². The van der Waals surface area contributed by atoms with Crippen LogP contribution < -0.4 is 0 Å². The number of phenolic OH excluding ortho intramolecular Hbond substituents is 1. The Kier molecular flexibility index (Phi) is 6.58. The molecule has 0 radical (unpaired) electrons. The van der Waals surface area contributed by atoms with Gasteiger partial charge in [-0.25, -0.2) is 0 Å². The summed E-state index contributed by atoms with van der Waals surface area (Å²) in [6.07, 6.45) is 2.17. The van der Waals surface area contributed by atoms with Crippen LogP contribution in [0.1, 0.15) is 48.0 Å². The van der Waals surface area contributed by atoms with Gasteiger partial charge in [-0.05, 0) is 43.4 Å². The number of amides is 1. The average molecular weight is 378 g/mol. The van der Waals surface area contributed by atoms with Crippen molar-refractivity contribution in [2.45, 2.75) is 32.1 Å². The molecule has 0 aromatic heterocycles. The number of para-hydroxylation sites is 1. The molecule has 2 aromatic carbocycles. The number of hydrogen-bond donors (Lipinski definition) is 1. The molecule has 0 bridgehead atoms. The van der Waals surface area contributed by atoms with Crippen molar-refractivity contribution in [2.24, 2.45) is 4.99 Å². The Morgan fingerprint density at radius 1 is 1.04 bits per heavy atom. The fourth-order valence-corrected chi connectivity index (χ4v) is 3.58. The molecule has 3 rings (SSSR count). The summed E-state index contributed by atoms with van der Waals surface area (Å²) in [6, 6.07) is 16.9. The molecule has 1 heterocycles. The number of hydrogen-bond acceptors (Lipinski definition) is 4. The van der Waals surface area contributed by atoms with Crippen molar-refractivity contribution in [3.8, 4) is 5.75 Å². The normalized spacial score (nSPS) is 15.5. The maximum absolute atomic E-state index is 12.5. The molecule has 1 aliphatic rings. The van der Waals surface area contributed by atoms with Crippen LogP contribution in [0.5, 0.6) is 5.75 Å². The highest BCUT2D eigenvalue weighted by Crippen LogP contribution is 2.28. The molecule has 2 aromatic rings. The second kappa shape index (κ2) is 9.31. The van der Waals surface area contributed by atoms with E-state index in [-0.39, 0.29) is 36.0 Å². The zero-order valence-electron chi connectivity index (χ0n) is 16.2. The van der Waals surface area contributed by atoms with Gasteiger partial charge in [-0.3, -0.25) is 14.6 Å². The van der Waals surface area contributed by atoms with E-state index in [1.54, 1.807) is 25.1 Å². The third-order valence-electron chi connectivity index (χ3n) is 5.22. The molecule has 1 saturated heterocycles. The van der Waals surface area contributed by atoms with E-state index >= 15 is 0 Å². The van der Waals surface area contributed by atoms with E-state index in [2.05, 4.69) is 29.3 Å². The van der Waals surface area contributed by atoms with E-state index < -0.39 is 0 Å². The number of benzene rings is 2. The molecule has 0 saturated carbocycles. The summed E-state index contributed by atoms with van der Waals surface area (Å²) < 4.78 is 0. The summed E-state index contributed by atoms with van der Waals surface area (Å²) in [7, 11) is 0. The van der Waals surface area contributed by atoms with Crippen LogP contribution in [0, 0.1) is 0 Å². The zero-order chi connectivity index (χ0) is 19.9. The van der Waals surface area contributed by atoms with Crippen molar-refractivity contribution in [3.63, 3.8) is 0 Å². The molecule has 28 heavy (non-hydrogen) atoms. The summed E-state index contributed by atoms with van der Waals surface area (Å²) in [6.45, 7) is 3.21. The van der Waals surface area contributed by atoms with E-state index in [9.17, 15) is 14.7 Å². The lowest BCUT2D eigenvalue weighted by Crippen LogP contribution is -2.38. The SMILES string of the molecule is CC(CC(=O)N1CCC(c2ccccc2)CC1)=NCC(=O)c1ccccc1O. The molecule has 0 aliphatic carbocycles. The molecule has 0 spiro atoms. The third kappa shape index (κ3) is 5.06. The minimum atomic E-state index is -0.256. The molecule has 1 aliphatic heterocycles. The van der Waals surface area contributed by atoms with Gasteiger partial charge in [0.25, 0.3) is 0 Å². The second-order valence-electron chi connectivity index (χ2n) is 7.23. The van der Waals surface area contributed by atoms with Crippen molar-refractivity contribution < 1.29 is 14.7 Å². The first-order chi connectivity index (χ1) is 13.5. The van der Waals surface area contributed by atoms with Gasteiger partial charge in [-0.15, -0.1) is 0 Å². The van der Waals surface area contributed by atoms with Crippen molar-refractivity contribution in [2.75, 3.05) is 19.6 Å². The summed E-state index contributed by atoms with van der Waals surface area (Å²) in [5.74, 6) is 0.269. The first-order valence-corrected chi connectivity index (χ1v) is 9.68. The topological polar surface area (TPSA) is 70.0 Å². The molecule has 1 fully saturated rings. The Hall–Kier alpha value is -2.95. The van der Waals surface area contributed by atoms with Crippen LogP contribution >= 0.6 is 0 Å². The first kappa shape index (κ1) is 19.8. The molecule has 1 N–H and O–H groups in total. The van der Waals surface area contributed by atoms with E-state index in [0.29, 0.717) is 11.6 Å². The lowest BCUT2D eigenvalue weighted by molar-refractivity contribution is -0.130. The van der Waals surface area contributed by atoms with Crippen LogP contribution in [0.4, 0.5) is 0 Å². The minimum Gasteiger partial charge on any atom is -0.507 e. The van der Waals surface area contributed by atoms with Crippen molar-refractivity contribution in [1.29, 1.82) is 0 Å². The van der Waals surface area contributed by atoms with Gasteiger partial charge in [-0.2, -0.15) is 0 Å². The Balaban J connectivity index is 1.48. The van der Waals surface area contributed by atoms with Crippen molar-refractivity contribution in [3.05, 3.63) is 65.7 Å². The monoisotopic (exact) mass is 378 g/mol. The third-order valence-corrected chi connectivity index (χ3v) is 5.22. The number of rotatable bonds is 6. The van der Waals surface area contributed by atoms with Crippen LogP contribution in [0.2, 0.25) is 0 Å². The molecule has 5 nitrogen and oxygen atoms in total. The lowest BCUT2D eigenvalue weighted by atomic mass is 9.89. The Morgan fingerprint density at radius 2 is 1.68 bits per heavy atom. The predicted octanol–water partition coefficient (Wildman–Crippen LogP) is 3.83. The molecule has 146 valence electrons. The Morgan fingerprint density at radius 3 is 2.36 bits per heavy atom. The first-order valence-electron chi connectivity index (χ1n) is 9.68. The molecule has 0 atom stereocenters. The quantitative estimate of drug-likeness (QED) is 0.613. The standard InChI is InChI=1S/C23H26N2O3/c1-17(24-16-22(27)20-9-5-6-10-21(20)26)15-23(28)25-13-11-19(12-14-25)18-7-3-2-4-8-18/h2-10,19,26H,11-16H2,1H3. The zero-order valence-corrected chi connectivity index (χ0v) is 16.2. The number of piperidine rings is 1. The summed E-state index contributed by atoms with van der Waals surface area (Å²) >= 11 is 0. The van der Waals surface area contributed by atoms with Gasteiger partial charge in [0.15, 0.2) is 5.78 Å². The number of carbonyl (C=O) groups excluding carboxylic acids is 2. The average Bonchev–Trinajstić information content (AvgIpc) is 2.73. The van der Waals surface area contributed by atoms with Crippen LogP contribution in [-0.4, -0.2) is 47.0 Å². The Labute approximate surface area is 165 Å². The second-order valence-corrected chi connectivity index (χ2v) is 7.23. The smallest absolute Gasteiger partial charge is 0.228 e. The molecule has 1 amide bonds. The minimum absolute atomic E-state index is 0.0438. The Bertz CT molecular complexity index is 853. The molecular weight excluding hydrogens is 352 g/mol. The largest absolute Gasteiger partial charge is 0.507 e. The van der Waals surface area contributed by atoms with Crippen LogP contribution in [0.25, 0.3) is 0 Å². The number of nitrogens with zero attached hydrogens (tertiary/aromatic N) is 2. The van der Waals surface area contributed by atoms with E-state index in [4.69, 9.17) is 0 Å². The number of ketones is 1. The van der Waals surface area contributed by atoms with Gasteiger partial charge in [0.2, 0.25) is 5.91 Å². The maximum Gasteiger partial charge on any atom is 0.228 e. The number of Topliss-reactive ketones (excluding diaryl/α,β-unsaturated/α-hetero) is 1. The lowest BCUT2D eigenvalue weighted by Gasteiger charge is -2.32. The number of phenols is 1. The van der Waals surface area contributed by atoms with Crippen LogP contribution in [0.15, 0.2) is 59.6 Å². The fourth-order valence-electron chi connectivity index (χ4n) is 3.58. The van der Waals surface area contributed by atoms with E-state index in [0.717, 1.165) is 25.9 Å². The van der Waals surface area contributed by atoms with Gasteiger partial charge in [0, 0.05) is 18.8 Å². The number of likely N-dealkylation sites (tertiary alicyclic amines) is 1. The van der Waals surface area contributed by atoms with Gasteiger partial charge in [-0.1, -0.05) is 42.5 Å². The summed E-state index contributed by atoms with van der Waals surface area (Å²) in [4.78, 5) is 30.8. The molecule has 0 unspecified atom stereocenters. The molecular formula is C23H26N2O3. The van der Waals surface area contributed by atoms with Gasteiger partial charge < -0.3 is 10.0 Å². The van der Waals surface area contributed by atoms with Crippen LogP contribution in [-0.2, 0) is 4.79 Å². The van der Waals surface area contributed by atoms with E-state index in [1.807, 2.05) is 11.0 Å². The van der Waals surface area contributed by atoms with Gasteiger partial charge >= 0.3 is 0 Å². The fraction of sp³-hybridized carbons (Fsp3) is 0.348. The maximum atomic E-state index is 12.5. The van der Waals surface area contributed by atoms with Gasteiger partial charge in [0.1, 0.15) is 12.3 Å². The van der Waals surface area contributed by atoms with Gasteiger partial charge in [0.05, 0.1) is 12.0 Å². The van der Waals surface area contributed by atoms with Crippen molar-refractivity contribution >= 4 is 17.4 Å². The number of carbonyl (C=O) groups is 2. The molecule has 5 heteroatoms. The number of aliphatic imine (C=N–C) groups is 1. The number of aromatic hydroxyl groups is 1. The highest BCUT2D eigenvalue weighted by molar-refractivity contribution is 6.03. The highest BCUT2D eigenvalue weighted by Gasteiger charge is 2.23.